The molecular formula is C8H15NO2. The summed E-state index contributed by atoms with van der Waals surface area (Å²) in [6, 6.07) is 0. The topological polar surface area (TPSA) is 21.7 Å². The summed E-state index contributed by atoms with van der Waals surface area (Å²) in [5.41, 5.74) is 0.563. The first-order valence-corrected chi connectivity index (χ1v) is 4.14. The summed E-state index contributed by atoms with van der Waals surface area (Å²) >= 11 is 0. The van der Waals surface area contributed by atoms with Gasteiger partial charge in [0.1, 0.15) is 0 Å². The summed E-state index contributed by atoms with van der Waals surface area (Å²) in [7, 11) is 1.75. The lowest BCUT2D eigenvalue weighted by Crippen LogP contribution is -2.66. The number of methoxy groups -OCH3 is 1. The van der Waals surface area contributed by atoms with Gasteiger partial charge in [0, 0.05) is 32.2 Å². The molecule has 11 heavy (non-hydrogen) atoms. The zero-order valence-corrected chi connectivity index (χ0v) is 7.01. The molecule has 2 fully saturated rings. The molecular weight excluding hydrogens is 142 g/mol. The van der Waals surface area contributed by atoms with Crippen LogP contribution < -0.4 is 0 Å². The molecule has 2 heterocycles. The third-order valence-electron chi connectivity index (χ3n) is 2.55. The van der Waals surface area contributed by atoms with Gasteiger partial charge >= 0.3 is 0 Å². The zero-order chi connectivity index (χ0) is 7.73. The van der Waals surface area contributed by atoms with Crippen LogP contribution >= 0.6 is 0 Å². The molecule has 0 bridgehead atoms. The second-order valence-corrected chi connectivity index (χ2v) is 3.70. The zero-order valence-electron chi connectivity index (χ0n) is 7.01. The van der Waals surface area contributed by atoms with Gasteiger partial charge in [-0.05, 0) is 0 Å². The van der Waals surface area contributed by atoms with E-state index in [0.717, 1.165) is 26.4 Å². The number of rotatable bonds is 3. The predicted octanol–water partition coefficient (Wildman–Crippen LogP) is -0.0350. The molecule has 0 unspecified atom stereocenters. The lowest BCUT2D eigenvalue weighted by Gasteiger charge is -2.55. The molecule has 0 aromatic carbocycles. The highest BCUT2D eigenvalue weighted by Crippen LogP contribution is 2.36. The van der Waals surface area contributed by atoms with Gasteiger partial charge in [-0.2, -0.15) is 0 Å². The van der Waals surface area contributed by atoms with Crippen molar-refractivity contribution in [3.8, 4) is 0 Å². The maximum Gasteiger partial charge on any atom is 0.0589 e. The van der Waals surface area contributed by atoms with E-state index in [1.807, 2.05) is 0 Å². The molecule has 0 aromatic heterocycles. The molecule has 0 radical (unpaired) electrons. The molecule has 0 aromatic rings. The first kappa shape index (κ1) is 7.53. The largest absolute Gasteiger partial charge is 0.383 e. The molecule has 3 heteroatoms. The van der Waals surface area contributed by atoms with E-state index in [4.69, 9.17) is 9.47 Å². The van der Waals surface area contributed by atoms with Crippen molar-refractivity contribution >= 4 is 0 Å². The first-order chi connectivity index (χ1) is 5.35. The quantitative estimate of drug-likeness (QED) is 0.574. The van der Waals surface area contributed by atoms with Gasteiger partial charge in [0.25, 0.3) is 0 Å². The van der Waals surface area contributed by atoms with Gasteiger partial charge in [0.05, 0.1) is 19.8 Å². The number of nitrogens with zero attached hydrogens (tertiary/aromatic N) is 1. The Balaban J connectivity index is 1.63. The summed E-state index contributed by atoms with van der Waals surface area (Å²) in [6.45, 7) is 6.34. The smallest absolute Gasteiger partial charge is 0.0589 e. The van der Waals surface area contributed by atoms with E-state index in [2.05, 4.69) is 4.90 Å². The molecule has 1 spiro atoms. The van der Waals surface area contributed by atoms with Gasteiger partial charge in [-0.25, -0.2) is 0 Å². The minimum Gasteiger partial charge on any atom is -0.383 e. The minimum atomic E-state index is 0.563. The van der Waals surface area contributed by atoms with Crippen LogP contribution in [0.5, 0.6) is 0 Å². The second kappa shape index (κ2) is 2.73. The van der Waals surface area contributed by atoms with E-state index >= 15 is 0 Å². The van der Waals surface area contributed by atoms with Crippen molar-refractivity contribution in [2.24, 2.45) is 5.41 Å². The Hall–Kier alpha value is -0.120. The van der Waals surface area contributed by atoms with Gasteiger partial charge in [0.2, 0.25) is 0 Å². The van der Waals surface area contributed by atoms with Crippen molar-refractivity contribution in [1.82, 2.24) is 4.90 Å². The summed E-state index contributed by atoms with van der Waals surface area (Å²) in [5.74, 6) is 0. The fourth-order valence-corrected chi connectivity index (χ4v) is 1.85. The Morgan fingerprint density at radius 3 is 2.64 bits per heavy atom. The number of hydrogen-bond donors (Lipinski definition) is 0. The van der Waals surface area contributed by atoms with Crippen LogP contribution in [0.15, 0.2) is 0 Å². The molecule has 2 rings (SSSR count). The highest BCUT2D eigenvalue weighted by molar-refractivity contribution is 4.99. The summed E-state index contributed by atoms with van der Waals surface area (Å²) in [6.07, 6.45) is 0. The molecule has 0 aliphatic carbocycles. The lowest BCUT2D eigenvalue weighted by molar-refractivity contribution is -0.190. The average molecular weight is 157 g/mol. The van der Waals surface area contributed by atoms with Crippen molar-refractivity contribution in [3.05, 3.63) is 0 Å². The molecule has 0 amide bonds. The standard InChI is InChI=1S/C8H15NO2/c1-10-3-2-9-4-8(5-9)6-11-7-8/h2-7H2,1H3. The molecule has 0 saturated carbocycles. The van der Waals surface area contributed by atoms with Gasteiger partial charge in [-0.3, -0.25) is 4.90 Å². The van der Waals surface area contributed by atoms with Crippen molar-refractivity contribution in [1.29, 1.82) is 0 Å². The van der Waals surface area contributed by atoms with E-state index in [1.54, 1.807) is 7.11 Å². The van der Waals surface area contributed by atoms with Crippen molar-refractivity contribution in [3.63, 3.8) is 0 Å². The molecule has 0 atom stereocenters. The summed E-state index contributed by atoms with van der Waals surface area (Å²) in [4.78, 5) is 2.42. The van der Waals surface area contributed by atoms with E-state index in [9.17, 15) is 0 Å². The van der Waals surface area contributed by atoms with E-state index in [0.29, 0.717) is 5.41 Å². The minimum absolute atomic E-state index is 0.563. The predicted molar refractivity (Wildman–Crippen MR) is 41.6 cm³/mol. The van der Waals surface area contributed by atoms with Gasteiger partial charge in [-0.15, -0.1) is 0 Å². The van der Waals surface area contributed by atoms with Crippen LogP contribution in [-0.2, 0) is 9.47 Å². The Kier molecular flexibility index (Phi) is 1.87. The fraction of sp³-hybridized carbons (Fsp3) is 1.00. The summed E-state index contributed by atoms with van der Waals surface area (Å²) in [5, 5.41) is 0. The van der Waals surface area contributed by atoms with E-state index in [-0.39, 0.29) is 0 Å². The molecule has 2 aliphatic heterocycles. The van der Waals surface area contributed by atoms with Crippen LogP contribution in [0.1, 0.15) is 0 Å². The number of hydrogen-bond acceptors (Lipinski definition) is 3. The van der Waals surface area contributed by atoms with Gasteiger partial charge < -0.3 is 9.47 Å². The highest BCUT2D eigenvalue weighted by Gasteiger charge is 2.48. The van der Waals surface area contributed by atoms with Crippen LogP contribution in [0, 0.1) is 5.41 Å². The Morgan fingerprint density at radius 1 is 1.45 bits per heavy atom. The first-order valence-electron chi connectivity index (χ1n) is 4.14. The number of ether oxygens (including phenoxy) is 2. The third kappa shape index (κ3) is 1.28. The fourth-order valence-electron chi connectivity index (χ4n) is 1.85. The maximum atomic E-state index is 5.17. The van der Waals surface area contributed by atoms with Gasteiger partial charge in [-0.1, -0.05) is 0 Å². The SMILES string of the molecule is COCCN1CC2(COC2)C1. The van der Waals surface area contributed by atoms with Gasteiger partial charge in [0.15, 0.2) is 0 Å². The number of likely N-dealkylation sites (tertiary alicyclic amines) is 1. The molecule has 2 saturated heterocycles. The van der Waals surface area contributed by atoms with Crippen molar-refractivity contribution < 1.29 is 9.47 Å². The van der Waals surface area contributed by atoms with Crippen LogP contribution in [0.4, 0.5) is 0 Å². The van der Waals surface area contributed by atoms with Crippen molar-refractivity contribution in [2.45, 2.75) is 0 Å². The monoisotopic (exact) mass is 157 g/mol. The Bertz CT molecular complexity index is 137. The normalized spacial score (nSPS) is 28.1. The maximum absolute atomic E-state index is 5.17. The van der Waals surface area contributed by atoms with Crippen LogP contribution in [0.25, 0.3) is 0 Å². The second-order valence-electron chi connectivity index (χ2n) is 3.70. The Labute approximate surface area is 67.3 Å². The molecule has 0 N–H and O–H groups in total. The van der Waals surface area contributed by atoms with E-state index in [1.165, 1.54) is 13.1 Å². The molecule has 3 nitrogen and oxygen atoms in total. The molecule has 2 aliphatic rings. The molecule has 64 valence electrons. The van der Waals surface area contributed by atoms with Crippen molar-refractivity contribution in [2.75, 3.05) is 46.6 Å². The van der Waals surface area contributed by atoms with Crippen LogP contribution in [0.2, 0.25) is 0 Å². The highest BCUT2D eigenvalue weighted by atomic mass is 16.5. The Morgan fingerprint density at radius 2 is 2.18 bits per heavy atom. The average Bonchev–Trinajstić information content (AvgIpc) is 1.81. The third-order valence-corrected chi connectivity index (χ3v) is 2.55. The lowest BCUT2D eigenvalue weighted by atomic mass is 9.78. The van der Waals surface area contributed by atoms with Crippen LogP contribution in [-0.4, -0.2) is 51.5 Å². The van der Waals surface area contributed by atoms with E-state index < -0.39 is 0 Å². The van der Waals surface area contributed by atoms with Crippen LogP contribution in [0.3, 0.4) is 0 Å². The summed E-state index contributed by atoms with van der Waals surface area (Å²) < 4.78 is 10.2.